The van der Waals surface area contributed by atoms with Crippen molar-refractivity contribution in [2.75, 3.05) is 30.8 Å². The topological polar surface area (TPSA) is 104 Å². The number of methoxy groups -OCH3 is 1. The van der Waals surface area contributed by atoms with Crippen molar-refractivity contribution in [1.29, 1.82) is 0 Å². The van der Waals surface area contributed by atoms with E-state index in [-0.39, 0.29) is 23.5 Å². The first-order valence-corrected chi connectivity index (χ1v) is 10.3. The molecule has 9 nitrogen and oxygen atoms in total. The molecule has 33 heavy (non-hydrogen) atoms. The Hall–Kier alpha value is -3.83. The minimum Gasteiger partial charge on any atom is -0.494 e. The number of pyridine rings is 1. The molecule has 4 aromatic rings. The number of hydrogen-bond donors (Lipinski definition) is 1. The van der Waals surface area contributed by atoms with E-state index in [0.717, 1.165) is 25.1 Å². The number of aromatic nitrogens is 5. The van der Waals surface area contributed by atoms with Gasteiger partial charge in [0, 0.05) is 31.1 Å². The second-order valence-electron chi connectivity index (χ2n) is 7.70. The van der Waals surface area contributed by atoms with E-state index < -0.39 is 12.4 Å². The van der Waals surface area contributed by atoms with Gasteiger partial charge in [0.05, 0.1) is 24.4 Å². The van der Waals surface area contributed by atoms with Crippen molar-refractivity contribution in [3.05, 3.63) is 42.1 Å². The molecular weight excluding hydrogens is 439 g/mol. The molecule has 3 aromatic heterocycles. The summed E-state index contributed by atoms with van der Waals surface area (Å²) in [6.07, 6.45) is 3.21. The van der Waals surface area contributed by atoms with E-state index in [2.05, 4.69) is 29.7 Å². The third kappa shape index (κ3) is 3.92. The first-order chi connectivity index (χ1) is 15.9. The van der Waals surface area contributed by atoms with Gasteiger partial charge in [-0.3, -0.25) is 0 Å². The number of alkyl halides is 2. The number of benzene rings is 1. The number of nitrogen functional groups attached to an aromatic ring is 1. The summed E-state index contributed by atoms with van der Waals surface area (Å²) >= 11 is 0. The molecule has 0 aliphatic carbocycles. The van der Waals surface area contributed by atoms with Gasteiger partial charge in [-0.1, -0.05) is 0 Å². The highest BCUT2D eigenvalue weighted by molar-refractivity contribution is 5.95. The van der Waals surface area contributed by atoms with Gasteiger partial charge in [-0.25, -0.2) is 19.3 Å². The Bertz CT molecular complexity index is 1310. The quantitative estimate of drug-likeness (QED) is 0.485. The highest BCUT2D eigenvalue weighted by atomic mass is 19.3. The van der Waals surface area contributed by atoms with Gasteiger partial charge in [-0.15, -0.1) is 5.10 Å². The third-order valence-electron chi connectivity index (χ3n) is 5.65. The Morgan fingerprint density at radius 3 is 2.79 bits per heavy atom. The van der Waals surface area contributed by atoms with Gasteiger partial charge < -0.3 is 20.1 Å². The fraction of sp³-hybridized carbons (Fsp3) is 0.333. The van der Waals surface area contributed by atoms with E-state index in [9.17, 15) is 13.2 Å². The van der Waals surface area contributed by atoms with Crippen LogP contribution in [0.3, 0.4) is 0 Å². The fourth-order valence-electron chi connectivity index (χ4n) is 4.16. The second kappa shape index (κ2) is 8.26. The molecule has 12 heteroatoms. The van der Waals surface area contributed by atoms with Gasteiger partial charge in [0.2, 0.25) is 11.8 Å². The Morgan fingerprint density at radius 1 is 1.21 bits per heavy atom. The minimum atomic E-state index is -2.92. The van der Waals surface area contributed by atoms with Crippen molar-refractivity contribution in [2.24, 2.45) is 0 Å². The second-order valence-corrected chi connectivity index (χ2v) is 7.70. The zero-order chi connectivity index (χ0) is 23.1. The molecule has 0 spiro atoms. The van der Waals surface area contributed by atoms with E-state index in [1.807, 2.05) is 0 Å². The molecule has 1 atom stereocenters. The van der Waals surface area contributed by atoms with E-state index in [4.69, 9.17) is 10.5 Å². The summed E-state index contributed by atoms with van der Waals surface area (Å²) in [7, 11) is 1.43. The summed E-state index contributed by atoms with van der Waals surface area (Å²) in [6.45, 7) is -1.55. The number of nitrogens with zero attached hydrogens (tertiary/aromatic N) is 6. The van der Waals surface area contributed by atoms with Crippen LogP contribution >= 0.6 is 0 Å². The Morgan fingerprint density at radius 2 is 2.06 bits per heavy atom. The van der Waals surface area contributed by atoms with Crippen LogP contribution in [0.5, 0.6) is 11.6 Å². The van der Waals surface area contributed by atoms with Gasteiger partial charge in [0.25, 0.3) is 0 Å². The maximum atomic E-state index is 14.2. The predicted molar refractivity (Wildman–Crippen MR) is 114 cm³/mol. The van der Waals surface area contributed by atoms with Gasteiger partial charge >= 0.3 is 6.61 Å². The lowest BCUT2D eigenvalue weighted by Crippen LogP contribution is -2.34. The van der Waals surface area contributed by atoms with Gasteiger partial charge in [0.1, 0.15) is 17.1 Å². The number of ether oxygens (including phenoxy) is 2. The van der Waals surface area contributed by atoms with Crippen LogP contribution in [0.15, 0.2) is 30.5 Å². The standard InChI is InChI=1S/C21H20F3N7O2/c1-32-15-8-12(22)7-14-17(15)27-21(25)31-19(14)28-18(29-31)11-3-2-6-30(10-11)13-4-5-16(26-9-13)33-20(23)24/h4-5,7-9,11,20H,2-3,6,10H2,1H3,(H2,25,27)/t11-/m1/s1. The lowest BCUT2D eigenvalue weighted by atomic mass is 9.97. The van der Waals surface area contributed by atoms with Crippen molar-refractivity contribution in [1.82, 2.24) is 24.6 Å². The lowest BCUT2D eigenvalue weighted by Gasteiger charge is -2.33. The Kier molecular flexibility index (Phi) is 5.27. The summed E-state index contributed by atoms with van der Waals surface area (Å²) < 4.78 is 49.9. The summed E-state index contributed by atoms with van der Waals surface area (Å²) in [4.78, 5) is 15.0. The van der Waals surface area contributed by atoms with Crippen LogP contribution < -0.4 is 20.1 Å². The van der Waals surface area contributed by atoms with E-state index in [1.165, 1.54) is 36.0 Å². The molecule has 1 aliphatic heterocycles. The zero-order valence-electron chi connectivity index (χ0n) is 17.6. The maximum Gasteiger partial charge on any atom is 0.388 e. The molecule has 1 fully saturated rings. The van der Waals surface area contributed by atoms with E-state index in [0.29, 0.717) is 28.9 Å². The molecule has 4 heterocycles. The number of anilines is 2. The molecule has 1 saturated heterocycles. The van der Waals surface area contributed by atoms with Crippen LogP contribution in [0.1, 0.15) is 24.6 Å². The number of halogens is 3. The van der Waals surface area contributed by atoms with Gasteiger partial charge in [-0.05, 0) is 25.0 Å². The highest BCUT2D eigenvalue weighted by Crippen LogP contribution is 2.32. The van der Waals surface area contributed by atoms with Crippen LogP contribution in [0.4, 0.5) is 24.8 Å². The van der Waals surface area contributed by atoms with Gasteiger partial charge in [-0.2, -0.15) is 13.3 Å². The SMILES string of the molecule is COc1cc(F)cc2c1nc(N)n1nc([C@@H]3CCCN(c4ccc(OC(F)F)nc4)C3)nc21. The molecule has 5 rings (SSSR count). The molecule has 0 bridgehead atoms. The molecule has 172 valence electrons. The smallest absolute Gasteiger partial charge is 0.388 e. The summed E-state index contributed by atoms with van der Waals surface area (Å²) in [5.74, 6) is 0.303. The van der Waals surface area contributed by atoms with Crippen LogP contribution in [0.2, 0.25) is 0 Å². The number of piperidine rings is 1. The average Bonchev–Trinajstić information content (AvgIpc) is 3.26. The Labute approximate surface area is 186 Å². The van der Waals surface area contributed by atoms with Crippen molar-refractivity contribution >= 4 is 28.2 Å². The third-order valence-corrected chi connectivity index (χ3v) is 5.65. The molecule has 1 aliphatic rings. The van der Waals surface area contributed by atoms with Crippen molar-refractivity contribution in [3.8, 4) is 11.6 Å². The molecule has 0 unspecified atom stereocenters. The van der Waals surface area contributed by atoms with Crippen molar-refractivity contribution in [3.63, 3.8) is 0 Å². The highest BCUT2D eigenvalue weighted by Gasteiger charge is 2.27. The Balaban J connectivity index is 1.47. The molecular formula is C21H20F3N7O2. The molecule has 0 amide bonds. The summed E-state index contributed by atoms with van der Waals surface area (Å²) in [6, 6.07) is 5.68. The summed E-state index contributed by atoms with van der Waals surface area (Å²) in [5, 5.41) is 5.01. The number of hydrogen-bond acceptors (Lipinski definition) is 8. The summed E-state index contributed by atoms with van der Waals surface area (Å²) in [5.41, 5.74) is 7.70. The first-order valence-electron chi connectivity index (χ1n) is 10.3. The average molecular weight is 459 g/mol. The minimum absolute atomic E-state index is 0.0273. The van der Waals surface area contributed by atoms with E-state index >= 15 is 0 Å². The molecule has 1 aromatic carbocycles. The molecule has 0 saturated carbocycles. The predicted octanol–water partition coefficient (Wildman–Crippen LogP) is 3.39. The normalized spacial score (nSPS) is 16.6. The first kappa shape index (κ1) is 21.0. The van der Waals surface area contributed by atoms with Crippen LogP contribution in [0, 0.1) is 5.82 Å². The fourth-order valence-corrected chi connectivity index (χ4v) is 4.16. The van der Waals surface area contributed by atoms with Gasteiger partial charge in [0.15, 0.2) is 11.5 Å². The largest absolute Gasteiger partial charge is 0.494 e. The maximum absolute atomic E-state index is 14.2. The number of fused-ring (bicyclic) bond motifs is 3. The number of rotatable bonds is 5. The molecule has 2 N–H and O–H groups in total. The zero-order valence-corrected chi connectivity index (χ0v) is 17.6. The monoisotopic (exact) mass is 459 g/mol. The van der Waals surface area contributed by atoms with Crippen molar-refractivity contribution in [2.45, 2.75) is 25.4 Å². The van der Waals surface area contributed by atoms with Crippen molar-refractivity contribution < 1.29 is 22.6 Å². The van der Waals surface area contributed by atoms with Crippen LogP contribution in [-0.2, 0) is 0 Å². The van der Waals surface area contributed by atoms with E-state index in [1.54, 1.807) is 6.07 Å². The van der Waals surface area contributed by atoms with Crippen LogP contribution in [0.25, 0.3) is 16.6 Å². The van der Waals surface area contributed by atoms with Crippen LogP contribution in [-0.4, -0.2) is 51.4 Å². The number of nitrogens with two attached hydrogens (primary N) is 1. The lowest BCUT2D eigenvalue weighted by molar-refractivity contribution is -0.0528. The molecule has 0 radical (unpaired) electrons.